The fraction of sp³-hybridized carbons (Fsp3) is 0.810. The van der Waals surface area contributed by atoms with E-state index in [1.165, 1.54) is 0 Å². The highest BCUT2D eigenvalue weighted by molar-refractivity contribution is 7.98. The Kier molecular flexibility index (Phi) is 31.1. The number of aliphatic hydroxyl groups excluding tert-OH is 1. The summed E-state index contributed by atoms with van der Waals surface area (Å²) in [6.07, 6.45) is 5.93. The quantitative estimate of drug-likeness (QED) is 0.0467. The monoisotopic (exact) mass is 576 g/mol. The number of aliphatic carboxylic acids is 3. The van der Waals surface area contributed by atoms with Crippen LogP contribution in [0.15, 0.2) is 0 Å². The lowest BCUT2D eigenvalue weighted by Gasteiger charge is -2.21. The number of quaternary nitrogens is 1. The SMILES string of the molecule is CSCCC(N)C(=O)O.CSCCC(N)C(=O)O.C[N+](C)(C)CCO.N=C(N)NCCCC(N)C(=O)O. The van der Waals surface area contributed by atoms with E-state index in [1.807, 2.05) is 12.5 Å². The van der Waals surface area contributed by atoms with Gasteiger partial charge in [-0.2, -0.15) is 23.5 Å². The molecular weight excluding hydrogens is 526 g/mol. The Balaban J connectivity index is -0.000000200. The standard InChI is InChI=1S/C6H14N4O2.2C5H11NO2S.C5H14NO/c7-4(5(11)12)2-1-3-10-6(8)9;2*1-9-3-2-4(6)5(7)8;1-6(2,3)4-5-7/h4H,1-3,7H2,(H,11,12)(H4,8,9,10);2*4H,2-3,6H2,1H3,(H,7,8);7H,4-5H2,1-3H3/q;;;+1. The Morgan fingerprint density at radius 3 is 1.41 bits per heavy atom. The minimum absolute atomic E-state index is 0.112. The minimum Gasteiger partial charge on any atom is -0.480 e. The van der Waals surface area contributed by atoms with Gasteiger partial charge < -0.3 is 53.2 Å². The van der Waals surface area contributed by atoms with Crippen molar-refractivity contribution in [2.75, 3.05) is 64.9 Å². The number of nitrogens with zero attached hydrogens (tertiary/aromatic N) is 1. The fourth-order valence-electron chi connectivity index (χ4n) is 1.71. The van der Waals surface area contributed by atoms with Gasteiger partial charge in [0.2, 0.25) is 0 Å². The van der Waals surface area contributed by atoms with Crippen LogP contribution in [0.3, 0.4) is 0 Å². The van der Waals surface area contributed by atoms with Crippen LogP contribution < -0.4 is 28.3 Å². The molecule has 0 saturated heterocycles. The van der Waals surface area contributed by atoms with Crippen molar-refractivity contribution in [3.05, 3.63) is 0 Å². The number of rotatable bonds is 15. The molecule has 0 rings (SSSR count). The summed E-state index contributed by atoms with van der Waals surface area (Å²) in [6, 6.07) is -2.19. The molecule has 0 aromatic rings. The van der Waals surface area contributed by atoms with Gasteiger partial charge in [-0.1, -0.05) is 0 Å². The molecule has 0 spiro atoms. The van der Waals surface area contributed by atoms with E-state index in [0.717, 1.165) is 22.5 Å². The third-order valence-corrected chi connectivity index (χ3v) is 5.28. The molecule has 14 N–H and O–H groups in total. The first-order valence-electron chi connectivity index (χ1n) is 11.4. The molecule has 0 radical (unpaired) electrons. The Morgan fingerprint density at radius 1 is 0.838 bits per heavy atom. The van der Waals surface area contributed by atoms with E-state index < -0.39 is 36.0 Å². The maximum absolute atomic E-state index is 10.2. The first-order valence-corrected chi connectivity index (χ1v) is 14.2. The van der Waals surface area contributed by atoms with E-state index in [4.69, 9.17) is 48.8 Å². The number of thioether (sulfide) groups is 2. The van der Waals surface area contributed by atoms with Gasteiger partial charge in [0.15, 0.2) is 5.96 Å². The van der Waals surface area contributed by atoms with E-state index in [9.17, 15) is 14.4 Å². The number of nitrogens with two attached hydrogens (primary N) is 4. The number of hydrogen-bond acceptors (Lipinski definition) is 10. The Hall–Kier alpha value is -1.82. The van der Waals surface area contributed by atoms with Gasteiger partial charge in [0, 0.05) is 6.54 Å². The molecule has 0 saturated carbocycles. The Morgan fingerprint density at radius 2 is 1.19 bits per heavy atom. The highest BCUT2D eigenvalue weighted by Gasteiger charge is 2.10. The molecule has 3 unspecified atom stereocenters. The van der Waals surface area contributed by atoms with Crippen LogP contribution in [0.1, 0.15) is 25.7 Å². The molecule has 14 nitrogen and oxygen atoms in total. The van der Waals surface area contributed by atoms with E-state index in [-0.39, 0.29) is 12.6 Å². The number of carboxylic acid groups (broad SMARTS) is 3. The molecule has 0 aliphatic rings. The average molecular weight is 577 g/mol. The summed E-state index contributed by atoms with van der Waals surface area (Å²) in [5, 5.41) is 42.6. The summed E-state index contributed by atoms with van der Waals surface area (Å²) in [4.78, 5) is 30.4. The van der Waals surface area contributed by atoms with Crippen molar-refractivity contribution in [3.63, 3.8) is 0 Å². The number of carboxylic acids is 3. The maximum Gasteiger partial charge on any atom is 0.320 e. The van der Waals surface area contributed by atoms with Gasteiger partial charge in [-0.25, -0.2) is 0 Å². The zero-order valence-corrected chi connectivity index (χ0v) is 24.3. The van der Waals surface area contributed by atoms with Crippen molar-refractivity contribution in [2.24, 2.45) is 22.9 Å². The summed E-state index contributed by atoms with van der Waals surface area (Å²) in [6.45, 7) is 1.60. The molecule has 0 aliphatic heterocycles. The average Bonchev–Trinajstić information content (AvgIpc) is 2.78. The largest absolute Gasteiger partial charge is 0.480 e. The highest BCUT2D eigenvalue weighted by Crippen LogP contribution is 1.98. The molecule has 0 fully saturated rings. The van der Waals surface area contributed by atoms with Gasteiger partial charge in [-0.15, -0.1) is 0 Å². The predicted molar refractivity (Wildman–Crippen MR) is 152 cm³/mol. The molecule has 0 heterocycles. The van der Waals surface area contributed by atoms with Crippen LogP contribution in [0.25, 0.3) is 0 Å². The van der Waals surface area contributed by atoms with Crippen LogP contribution in [0.5, 0.6) is 0 Å². The predicted octanol–water partition coefficient (Wildman–Crippen LogP) is -1.35. The van der Waals surface area contributed by atoms with Crippen molar-refractivity contribution in [1.82, 2.24) is 5.32 Å². The molecule has 16 heteroatoms. The number of nitrogens with one attached hydrogen (secondary N) is 2. The molecule has 37 heavy (non-hydrogen) atoms. The van der Waals surface area contributed by atoms with E-state index >= 15 is 0 Å². The topological polar surface area (TPSA) is 272 Å². The first-order chi connectivity index (χ1) is 17.0. The van der Waals surface area contributed by atoms with Crippen molar-refractivity contribution in [2.45, 2.75) is 43.8 Å². The lowest BCUT2D eigenvalue weighted by Crippen LogP contribution is -2.36. The van der Waals surface area contributed by atoms with Crippen molar-refractivity contribution in [3.8, 4) is 0 Å². The fourth-order valence-corrected chi connectivity index (χ4v) is 2.68. The van der Waals surface area contributed by atoms with Gasteiger partial charge in [0.1, 0.15) is 24.7 Å². The number of aliphatic hydroxyl groups is 1. The van der Waals surface area contributed by atoms with Crippen LogP contribution in [0, 0.1) is 5.41 Å². The molecule has 3 atom stereocenters. The molecular formula is C21H50N7O7S2+. The van der Waals surface area contributed by atoms with E-state index in [0.29, 0.717) is 32.2 Å². The molecule has 0 aromatic heterocycles. The van der Waals surface area contributed by atoms with E-state index in [1.54, 1.807) is 23.5 Å². The highest BCUT2D eigenvalue weighted by atomic mass is 32.2. The maximum atomic E-state index is 10.2. The second kappa shape index (κ2) is 27.2. The molecule has 222 valence electrons. The van der Waals surface area contributed by atoms with Gasteiger partial charge >= 0.3 is 17.9 Å². The van der Waals surface area contributed by atoms with Gasteiger partial charge in [-0.3, -0.25) is 19.8 Å². The van der Waals surface area contributed by atoms with Crippen LogP contribution in [0.2, 0.25) is 0 Å². The second-order valence-corrected chi connectivity index (χ2v) is 10.6. The van der Waals surface area contributed by atoms with Crippen LogP contribution >= 0.6 is 23.5 Å². The lowest BCUT2D eigenvalue weighted by molar-refractivity contribution is -0.870. The minimum atomic E-state index is -1.00. The summed E-state index contributed by atoms with van der Waals surface area (Å²) >= 11 is 3.21. The van der Waals surface area contributed by atoms with Crippen molar-refractivity contribution >= 4 is 47.4 Å². The summed E-state index contributed by atoms with van der Waals surface area (Å²) < 4.78 is 0.844. The third kappa shape index (κ3) is 41.6. The zero-order valence-electron chi connectivity index (χ0n) is 22.7. The van der Waals surface area contributed by atoms with E-state index in [2.05, 4.69) is 26.5 Å². The van der Waals surface area contributed by atoms with Gasteiger partial charge in [0.05, 0.1) is 27.7 Å². The summed E-state index contributed by atoms with van der Waals surface area (Å²) in [5.41, 5.74) is 20.6. The van der Waals surface area contributed by atoms with Crippen molar-refractivity contribution in [1.29, 1.82) is 5.41 Å². The third-order valence-electron chi connectivity index (χ3n) is 4.00. The van der Waals surface area contributed by atoms with Gasteiger partial charge in [0.25, 0.3) is 0 Å². The van der Waals surface area contributed by atoms with Crippen LogP contribution in [0.4, 0.5) is 0 Å². The first kappa shape index (κ1) is 42.3. The van der Waals surface area contributed by atoms with Crippen LogP contribution in [-0.4, -0.2) is 132 Å². The van der Waals surface area contributed by atoms with Crippen molar-refractivity contribution < 1.29 is 39.3 Å². The molecule has 0 bridgehead atoms. The molecule has 0 amide bonds. The smallest absolute Gasteiger partial charge is 0.320 e. The number of carbonyl (C=O) groups is 3. The number of guanidine groups is 1. The summed E-state index contributed by atoms with van der Waals surface area (Å²) in [7, 11) is 6.16. The van der Waals surface area contributed by atoms with Gasteiger partial charge in [-0.05, 0) is 49.7 Å². The Labute approximate surface area is 229 Å². The molecule has 0 aliphatic carbocycles. The number of likely N-dealkylation sites (N-methyl/N-ethyl adjacent to an activating group) is 1. The normalized spacial score (nSPS) is 12.6. The second-order valence-electron chi connectivity index (χ2n) is 8.62. The Bertz CT molecular complexity index is 588. The molecule has 0 aromatic carbocycles. The zero-order chi connectivity index (χ0) is 30.0. The number of hydrogen-bond donors (Lipinski definition) is 10. The summed E-state index contributed by atoms with van der Waals surface area (Å²) in [5.74, 6) is -1.31. The lowest BCUT2D eigenvalue weighted by atomic mass is 10.2. The van der Waals surface area contributed by atoms with Crippen LogP contribution in [-0.2, 0) is 14.4 Å².